The summed E-state index contributed by atoms with van der Waals surface area (Å²) in [4.78, 5) is 21.7. The van der Waals surface area contributed by atoms with Crippen molar-refractivity contribution >= 4 is 29.7 Å². The van der Waals surface area contributed by atoms with Crippen molar-refractivity contribution in [3.05, 3.63) is 51.2 Å². The van der Waals surface area contributed by atoms with Crippen LogP contribution in [0.5, 0.6) is 0 Å². The monoisotopic (exact) mass is 405 g/mol. The zero-order valence-corrected chi connectivity index (χ0v) is 16.2. The number of piperidine rings is 1. The molecule has 2 heterocycles. The number of anilines is 1. The van der Waals surface area contributed by atoms with Gasteiger partial charge in [0.15, 0.2) is 11.6 Å². The summed E-state index contributed by atoms with van der Waals surface area (Å²) in [6.45, 7) is 3.74. The van der Waals surface area contributed by atoms with Crippen LogP contribution in [0.1, 0.15) is 33.0 Å². The normalized spacial score (nSPS) is 15.5. The molecule has 0 saturated carbocycles. The molecule has 0 spiro atoms. The molecule has 28 heavy (non-hydrogen) atoms. The van der Waals surface area contributed by atoms with E-state index in [1.54, 1.807) is 13.1 Å². The summed E-state index contributed by atoms with van der Waals surface area (Å²) in [6.07, 6.45) is 1.98. The van der Waals surface area contributed by atoms with E-state index in [4.69, 9.17) is 4.79 Å². The zero-order valence-electron chi connectivity index (χ0n) is 15.4. The number of hydrogen-bond donors (Lipinski definition) is 3. The van der Waals surface area contributed by atoms with Gasteiger partial charge in [-0.2, -0.15) is 0 Å². The molecule has 3 rings (SSSR count). The summed E-state index contributed by atoms with van der Waals surface area (Å²) in [6, 6.07) is 5.73. The van der Waals surface area contributed by atoms with E-state index in [2.05, 4.69) is 27.8 Å². The van der Waals surface area contributed by atoms with Crippen LogP contribution in [0, 0.1) is 23.5 Å². The smallest absolute Gasteiger partial charge is 0.263 e. The van der Waals surface area contributed by atoms with Gasteiger partial charge in [-0.25, -0.2) is 8.78 Å². The number of carbonyl (C=O) groups excluding carboxylic acids is 2. The van der Waals surface area contributed by atoms with Crippen molar-refractivity contribution in [2.24, 2.45) is 0 Å². The molecule has 8 heteroatoms. The summed E-state index contributed by atoms with van der Waals surface area (Å²) >= 11 is 1.23. The van der Waals surface area contributed by atoms with Crippen LogP contribution in [0.3, 0.4) is 0 Å². The maximum absolute atomic E-state index is 13.7. The lowest BCUT2D eigenvalue weighted by Crippen LogP contribution is -2.45. The van der Waals surface area contributed by atoms with Crippen molar-refractivity contribution in [3.63, 3.8) is 0 Å². The van der Waals surface area contributed by atoms with Crippen molar-refractivity contribution in [3.8, 4) is 11.8 Å². The second-order valence-electron chi connectivity index (χ2n) is 5.97. The van der Waals surface area contributed by atoms with Crippen molar-refractivity contribution in [2.75, 3.05) is 25.5 Å². The van der Waals surface area contributed by atoms with Crippen molar-refractivity contribution in [2.45, 2.75) is 18.9 Å². The Bertz CT molecular complexity index is 883. The first-order valence-electron chi connectivity index (χ1n) is 8.66. The Kier molecular flexibility index (Phi) is 8.11. The number of nitrogens with one attached hydrogen (secondary N) is 3. The summed E-state index contributed by atoms with van der Waals surface area (Å²) in [7, 11) is 1.73. The van der Waals surface area contributed by atoms with E-state index >= 15 is 0 Å². The van der Waals surface area contributed by atoms with E-state index in [0.717, 1.165) is 32.0 Å². The van der Waals surface area contributed by atoms with Crippen LogP contribution in [0.2, 0.25) is 0 Å². The molecule has 1 atom stereocenters. The molecule has 1 aromatic carbocycles. The highest BCUT2D eigenvalue weighted by Gasteiger charge is 2.20. The second-order valence-corrected chi connectivity index (χ2v) is 7.02. The molecule has 5 nitrogen and oxygen atoms in total. The fourth-order valence-corrected chi connectivity index (χ4v) is 3.68. The van der Waals surface area contributed by atoms with Gasteiger partial charge < -0.3 is 20.7 Å². The number of thiophene rings is 1. The number of benzene rings is 1. The second kappa shape index (κ2) is 10.5. The van der Waals surface area contributed by atoms with Gasteiger partial charge in [0.25, 0.3) is 5.91 Å². The van der Waals surface area contributed by atoms with Crippen LogP contribution in [0.15, 0.2) is 24.3 Å². The van der Waals surface area contributed by atoms with Crippen LogP contribution >= 0.6 is 11.3 Å². The maximum Gasteiger partial charge on any atom is 0.263 e. The maximum atomic E-state index is 13.7. The SMILES string of the molecule is C=O.CNc1cc(C#Cc2cccc(F)c2F)sc1C(=O)NC1CCCNC1. The van der Waals surface area contributed by atoms with Crippen molar-refractivity contribution in [1.82, 2.24) is 10.6 Å². The Balaban J connectivity index is 0.00000136. The number of amides is 1. The minimum absolute atomic E-state index is 0.0105. The zero-order chi connectivity index (χ0) is 20.5. The fraction of sp³-hybridized carbons (Fsp3) is 0.300. The van der Waals surface area contributed by atoms with E-state index < -0.39 is 11.6 Å². The van der Waals surface area contributed by atoms with E-state index in [1.807, 2.05) is 6.79 Å². The van der Waals surface area contributed by atoms with Crippen molar-refractivity contribution in [1.29, 1.82) is 0 Å². The third-order valence-corrected chi connectivity index (χ3v) is 5.16. The Morgan fingerprint density at radius 2 is 2.11 bits per heavy atom. The Hall–Kier alpha value is -2.76. The lowest BCUT2D eigenvalue weighted by atomic mass is 10.1. The highest BCUT2D eigenvalue weighted by molar-refractivity contribution is 7.15. The van der Waals surface area contributed by atoms with Gasteiger partial charge in [0.05, 0.1) is 16.1 Å². The van der Waals surface area contributed by atoms with Gasteiger partial charge in [0.1, 0.15) is 11.7 Å². The molecule has 1 aromatic heterocycles. The molecule has 148 valence electrons. The molecule has 1 unspecified atom stereocenters. The van der Waals surface area contributed by atoms with Gasteiger partial charge in [0.2, 0.25) is 0 Å². The Morgan fingerprint density at radius 3 is 2.79 bits per heavy atom. The number of carbonyl (C=O) groups is 2. The molecular weight excluding hydrogens is 384 g/mol. The minimum atomic E-state index is -0.965. The largest absolute Gasteiger partial charge is 0.387 e. The first kappa shape index (κ1) is 21.5. The van der Waals surface area contributed by atoms with Crippen LogP contribution in [0.4, 0.5) is 14.5 Å². The molecule has 1 amide bonds. The highest BCUT2D eigenvalue weighted by Crippen LogP contribution is 2.27. The average molecular weight is 405 g/mol. The quantitative estimate of drug-likeness (QED) is 0.687. The standard InChI is InChI=1S/C19H19F2N3OS.CH2O/c1-22-16-10-14(8-7-12-4-2-6-15(20)17(12)21)26-18(16)19(25)24-13-5-3-9-23-11-13;1-2/h2,4,6,10,13,22-23H,3,5,9,11H2,1H3,(H,24,25);1H2. The first-order valence-corrected chi connectivity index (χ1v) is 9.48. The van der Waals surface area contributed by atoms with E-state index in [1.165, 1.54) is 23.5 Å². The van der Waals surface area contributed by atoms with E-state index in [-0.39, 0.29) is 17.5 Å². The fourth-order valence-electron chi connectivity index (χ4n) is 2.76. The molecule has 0 aliphatic carbocycles. The minimum Gasteiger partial charge on any atom is -0.387 e. The van der Waals surface area contributed by atoms with Crippen LogP contribution in [-0.4, -0.2) is 38.9 Å². The topological polar surface area (TPSA) is 70.2 Å². The molecule has 1 fully saturated rings. The molecule has 1 saturated heterocycles. The van der Waals surface area contributed by atoms with Crippen LogP contribution < -0.4 is 16.0 Å². The summed E-state index contributed by atoms with van der Waals surface area (Å²) in [5, 5.41) is 9.27. The van der Waals surface area contributed by atoms with Gasteiger partial charge in [-0.3, -0.25) is 4.79 Å². The number of halogens is 2. The van der Waals surface area contributed by atoms with Crippen LogP contribution in [-0.2, 0) is 4.79 Å². The third-order valence-electron chi connectivity index (χ3n) is 4.11. The summed E-state index contributed by atoms with van der Waals surface area (Å²) in [5.74, 6) is 3.39. The summed E-state index contributed by atoms with van der Waals surface area (Å²) in [5.41, 5.74) is 0.656. The van der Waals surface area contributed by atoms with Gasteiger partial charge in [-0.1, -0.05) is 17.9 Å². The van der Waals surface area contributed by atoms with Gasteiger partial charge in [0, 0.05) is 19.6 Å². The average Bonchev–Trinajstić information content (AvgIpc) is 3.15. The molecule has 3 N–H and O–H groups in total. The molecular formula is C20H21F2N3O2S. The van der Waals surface area contributed by atoms with Gasteiger partial charge in [-0.05, 0) is 37.6 Å². The van der Waals surface area contributed by atoms with E-state index in [0.29, 0.717) is 15.4 Å². The Labute approximate surface area is 166 Å². The predicted molar refractivity (Wildman–Crippen MR) is 107 cm³/mol. The predicted octanol–water partition coefficient (Wildman–Crippen LogP) is 2.76. The molecule has 0 radical (unpaired) electrons. The molecule has 0 bridgehead atoms. The van der Waals surface area contributed by atoms with Crippen LogP contribution in [0.25, 0.3) is 0 Å². The van der Waals surface area contributed by atoms with Gasteiger partial charge in [-0.15, -0.1) is 11.3 Å². The summed E-state index contributed by atoms with van der Waals surface area (Å²) < 4.78 is 26.9. The van der Waals surface area contributed by atoms with Gasteiger partial charge >= 0.3 is 0 Å². The molecule has 1 aliphatic rings. The molecule has 2 aromatic rings. The molecule has 1 aliphatic heterocycles. The highest BCUT2D eigenvalue weighted by atomic mass is 32.1. The lowest BCUT2D eigenvalue weighted by Gasteiger charge is -2.23. The van der Waals surface area contributed by atoms with E-state index in [9.17, 15) is 13.6 Å². The number of rotatable bonds is 3. The lowest BCUT2D eigenvalue weighted by molar-refractivity contribution is -0.0980. The third kappa shape index (κ3) is 5.38. The first-order chi connectivity index (χ1) is 13.6. The van der Waals surface area contributed by atoms with Crippen molar-refractivity contribution < 1.29 is 18.4 Å². The number of hydrogen-bond acceptors (Lipinski definition) is 5. The Morgan fingerprint density at radius 1 is 1.32 bits per heavy atom.